The molecule has 0 bridgehead atoms. The van der Waals surface area contributed by atoms with Gasteiger partial charge in [-0.25, -0.2) is 0 Å². The van der Waals surface area contributed by atoms with Gasteiger partial charge in [0.2, 0.25) is 5.91 Å². The number of amides is 1. The van der Waals surface area contributed by atoms with E-state index in [9.17, 15) is 4.79 Å². The highest BCUT2D eigenvalue weighted by Crippen LogP contribution is 2.20. The first-order valence-electron chi connectivity index (χ1n) is 5.03. The summed E-state index contributed by atoms with van der Waals surface area (Å²) in [5, 5.41) is 6.50. The molecule has 6 heteroatoms. The number of nitrogens with one attached hydrogen (secondary N) is 1. The normalized spacial score (nSPS) is 21.8. The zero-order valence-corrected chi connectivity index (χ0v) is 9.46. The first kappa shape index (κ1) is 10.5. The Labute approximate surface area is 92.6 Å². The van der Waals surface area contributed by atoms with Gasteiger partial charge in [0.1, 0.15) is 0 Å². The van der Waals surface area contributed by atoms with Crippen molar-refractivity contribution in [2.75, 3.05) is 13.6 Å². The summed E-state index contributed by atoms with van der Waals surface area (Å²) in [5.41, 5.74) is 0. The topological polar surface area (TPSA) is 58.1 Å². The molecule has 0 unspecified atom stereocenters. The predicted molar refractivity (Wildman–Crippen MR) is 57.4 cm³/mol. The number of carbonyl (C=O) groups excluding carboxylic acids is 1. The number of carbonyl (C=O) groups is 1. The number of hydrogen-bond acceptors (Lipinski definition) is 5. The second-order valence-corrected chi connectivity index (χ2v) is 4.50. The Hall–Kier alpha value is -1.01. The Kier molecular flexibility index (Phi) is 3.27. The number of likely N-dealkylation sites (N-methyl/N-ethyl adjacent to an activating group) is 1. The summed E-state index contributed by atoms with van der Waals surface area (Å²) in [5.74, 6) is 0.116. The fourth-order valence-corrected chi connectivity index (χ4v) is 2.45. The van der Waals surface area contributed by atoms with Gasteiger partial charge in [0.25, 0.3) is 0 Å². The summed E-state index contributed by atoms with van der Waals surface area (Å²) in [4.78, 5) is 14.9. The highest BCUT2D eigenvalue weighted by molar-refractivity contribution is 7.05. The molecule has 1 N–H and O–H groups in total. The minimum Gasteiger partial charge on any atom is -0.358 e. The summed E-state index contributed by atoms with van der Waals surface area (Å²) in [7, 11) is 1.69. The highest BCUT2D eigenvalue weighted by Gasteiger charge is 2.30. The minimum atomic E-state index is 0.0251. The highest BCUT2D eigenvalue weighted by atomic mass is 32.1. The van der Waals surface area contributed by atoms with Gasteiger partial charge < -0.3 is 5.32 Å². The number of rotatable bonds is 3. The first-order valence-corrected chi connectivity index (χ1v) is 5.80. The molecule has 1 amide bonds. The standard InChI is InChI=1S/C9H14N4OS/c1-10-9(14)8-3-2-4-13(8)6-7-5-11-12-15-7/h5,8H,2-4,6H2,1H3,(H,10,14)/t8-/m0/s1. The molecule has 1 aromatic heterocycles. The van der Waals surface area contributed by atoms with E-state index in [0.717, 1.165) is 30.8 Å². The zero-order chi connectivity index (χ0) is 10.7. The number of hydrogen-bond donors (Lipinski definition) is 1. The molecule has 5 nitrogen and oxygen atoms in total. The van der Waals surface area contributed by atoms with Crippen molar-refractivity contribution in [3.8, 4) is 0 Å². The molecule has 82 valence electrons. The van der Waals surface area contributed by atoms with Crippen LogP contribution in [0.3, 0.4) is 0 Å². The maximum atomic E-state index is 11.6. The molecule has 1 aliphatic rings. The number of aromatic nitrogens is 2. The largest absolute Gasteiger partial charge is 0.358 e. The molecular weight excluding hydrogens is 212 g/mol. The van der Waals surface area contributed by atoms with Gasteiger partial charge in [0.15, 0.2) is 0 Å². The first-order chi connectivity index (χ1) is 7.31. The fraction of sp³-hybridized carbons (Fsp3) is 0.667. The average Bonchev–Trinajstić information content (AvgIpc) is 2.88. The quantitative estimate of drug-likeness (QED) is 0.802. The third kappa shape index (κ3) is 2.32. The van der Waals surface area contributed by atoms with Crippen LogP contribution in [0.1, 0.15) is 17.7 Å². The fourth-order valence-electron chi connectivity index (χ4n) is 1.94. The van der Waals surface area contributed by atoms with Gasteiger partial charge in [0, 0.05) is 13.6 Å². The monoisotopic (exact) mass is 226 g/mol. The zero-order valence-electron chi connectivity index (χ0n) is 8.64. The Morgan fingerprint density at radius 3 is 3.33 bits per heavy atom. The van der Waals surface area contributed by atoms with E-state index in [4.69, 9.17) is 0 Å². The van der Waals surface area contributed by atoms with Gasteiger partial charge >= 0.3 is 0 Å². The molecule has 2 heterocycles. The van der Waals surface area contributed by atoms with Crippen LogP contribution in [0.15, 0.2) is 6.20 Å². The summed E-state index contributed by atoms with van der Waals surface area (Å²) in [6.45, 7) is 1.77. The van der Waals surface area contributed by atoms with Gasteiger partial charge in [-0.15, -0.1) is 5.10 Å². The molecule has 1 aromatic rings. The van der Waals surface area contributed by atoms with E-state index in [1.807, 2.05) is 0 Å². The Morgan fingerprint density at radius 1 is 1.80 bits per heavy atom. The molecule has 1 atom stereocenters. The lowest BCUT2D eigenvalue weighted by Crippen LogP contribution is -2.41. The molecule has 1 aliphatic heterocycles. The Bertz CT molecular complexity index is 327. The molecular formula is C9H14N4OS. The molecule has 0 aromatic carbocycles. The van der Waals surface area contributed by atoms with Crippen LogP contribution in [0.2, 0.25) is 0 Å². The van der Waals surface area contributed by atoms with Gasteiger partial charge in [0.05, 0.1) is 17.1 Å². The number of likely N-dealkylation sites (tertiary alicyclic amines) is 1. The van der Waals surface area contributed by atoms with Crippen LogP contribution in [0.4, 0.5) is 0 Å². The second kappa shape index (κ2) is 4.67. The van der Waals surface area contributed by atoms with E-state index in [1.54, 1.807) is 13.2 Å². The van der Waals surface area contributed by atoms with E-state index >= 15 is 0 Å². The molecule has 0 saturated carbocycles. The smallest absolute Gasteiger partial charge is 0.237 e. The van der Waals surface area contributed by atoms with Crippen LogP contribution >= 0.6 is 11.5 Å². The van der Waals surface area contributed by atoms with Gasteiger partial charge in [-0.05, 0) is 30.9 Å². The predicted octanol–water partition coefficient (Wildman–Crippen LogP) is 0.248. The molecule has 0 radical (unpaired) electrons. The number of nitrogens with zero attached hydrogens (tertiary/aromatic N) is 3. The van der Waals surface area contributed by atoms with E-state index in [0.29, 0.717) is 0 Å². The minimum absolute atomic E-state index is 0.0251. The van der Waals surface area contributed by atoms with Gasteiger partial charge in [-0.1, -0.05) is 4.49 Å². The third-order valence-electron chi connectivity index (χ3n) is 2.68. The van der Waals surface area contributed by atoms with Crippen LogP contribution < -0.4 is 5.32 Å². The Balaban J connectivity index is 1.99. The van der Waals surface area contributed by atoms with Crippen molar-refractivity contribution in [1.82, 2.24) is 19.8 Å². The molecule has 1 fully saturated rings. The third-order valence-corrected chi connectivity index (χ3v) is 3.32. The average molecular weight is 226 g/mol. The molecule has 15 heavy (non-hydrogen) atoms. The van der Waals surface area contributed by atoms with Crippen molar-refractivity contribution in [2.24, 2.45) is 0 Å². The van der Waals surface area contributed by atoms with Crippen molar-refractivity contribution < 1.29 is 4.79 Å². The maximum Gasteiger partial charge on any atom is 0.237 e. The van der Waals surface area contributed by atoms with E-state index in [1.165, 1.54) is 11.5 Å². The maximum absolute atomic E-state index is 11.6. The molecule has 0 spiro atoms. The van der Waals surface area contributed by atoms with Crippen molar-refractivity contribution in [2.45, 2.75) is 25.4 Å². The van der Waals surface area contributed by atoms with E-state index in [-0.39, 0.29) is 11.9 Å². The SMILES string of the molecule is CNC(=O)[C@@H]1CCCN1Cc1cnns1. The second-order valence-electron chi connectivity index (χ2n) is 3.63. The van der Waals surface area contributed by atoms with Crippen LogP contribution in [0.25, 0.3) is 0 Å². The van der Waals surface area contributed by atoms with Crippen LogP contribution in [-0.2, 0) is 11.3 Å². The van der Waals surface area contributed by atoms with Crippen LogP contribution in [0, 0.1) is 0 Å². The van der Waals surface area contributed by atoms with Crippen LogP contribution in [-0.4, -0.2) is 40.0 Å². The van der Waals surface area contributed by atoms with E-state index < -0.39 is 0 Å². The summed E-state index contributed by atoms with van der Waals surface area (Å²) in [6, 6.07) is 0.0251. The lowest BCUT2D eigenvalue weighted by molar-refractivity contribution is -0.125. The van der Waals surface area contributed by atoms with Gasteiger partial charge in [-0.2, -0.15) is 0 Å². The summed E-state index contributed by atoms with van der Waals surface area (Å²) < 4.78 is 3.82. The van der Waals surface area contributed by atoms with Crippen LogP contribution in [0.5, 0.6) is 0 Å². The molecule has 1 saturated heterocycles. The van der Waals surface area contributed by atoms with Crippen molar-refractivity contribution in [3.63, 3.8) is 0 Å². The van der Waals surface area contributed by atoms with Crippen molar-refractivity contribution in [3.05, 3.63) is 11.1 Å². The van der Waals surface area contributed by atoms with Crippen molar-refractivity contribution >= 4 is 17.4 Å². The van der Waals surface area contributed by atoms with Crippen molar-refractivity contribution in [1.29, 1.82) is 0 Å². The Morgan fingerprint density at radius 2 is 2.67 bits per heavy atom. The lowest BCUT2D eigenvalue weighted by Gasteiger charge is -2.21. The summed E-state index contributed by atoms with van der Waals surface area (Å²) >= 11 is 1.40. The molecule has 2 rings (SSSR count). The van der Waals surface area contributed by atoms with E-state index in [2.05, 4.69) is 19.8 Å². The summed E-state index contributed by atoms with van der Waals surface area (Å²) in [6.07, 6.45) is 3.81. The lowest BCUT2D eigenvalue weighted by atomic mass is 10.2. The molecule has 0 aliphatic carbocycles. The van der Waals surface area contributed by atoms with Gasteiger partial charge in [-0.3, -0.25) is 9.69 Å².